The standard InChI is InChI=1S/C20H21NO2S/c1-15(2)18-13-20(17-7-5-4-6-8-17)21(14-18)24(22,23)19-11-9-16(3)10-12-19/h4-13,18H,1,14H2,2-3H3/t18-/m0/s1. The Bertz CT molecular complexity index is 881. The molecular formula is C20H21NO2S. The Morgan fingerprint density at radius 2 is 1.71 bits per heavy atom. The van der Waals surface area contributed by atoms with Crippen molar-refractivity contribution in [2.45, 2.75) is 18.7 Å². The highest BCUT2D eigenvalue weighted by Crippen LogP contribution is 2.36. The second kappa shape index (κ2) is 6.29. The number of hydrogen-bond acceptors (Lipinski definition) is 2. The van der Waals surface area contributed by atoms with E-state index in [1.165, 1.54) is 4.31 Å². The van der Waals surface area contributed by atoms with E-state index in [1.54, 1.807) is 12.1 Å². The first-order chi connectivity index (χ1) is 11.4. The molecule has 1 aliphatic heterocycles. The van der Waals surface area contributed by atoms with Crippen molar-refractivity contribution in [3.05, 3.63) is 84.0 Å². The minimum atomic E-state index is -3.60. The van der Waals surface area contributed by atoms with E-state index in [0.29, 0.717) is 11.4 Å². The first kappa shape index (κ1) is 16.5. The average Bonchev–Trinajstić information content (AvgIpc) is 3.02. The summed E-state index contributed by atoms with van der Waals surface area (Å²) in [5.41, 5.74) is 3.63. The Morgan fingerprint density at radius 3 is 2.29 bits per heavy atom. The largest absolute Gasteiger partial charge is 0.265 e. The van der Waals surface area contributed by atoms with Crippen LogP contribution < -0.4 is 0 Å². The van der Waals surface area contributed by atoms with Crippen molar-refractivity contribution in [1.82, 2.24) is 4.31 Å². The summed E-state index contributed by atoms with van der Waals surface area (Å²) in [6, 6.07) is 16.6. The summed E-state index contributed by atoms with van der Waals surface area (Å²) in [5, 5.41) is 0. The van der Waals surface area contributed by atoms with Crippen molar-refractivity contribution in [3.63, 3.8) is 0 Å². The van der Waals surface area contributed by atoms with E-state index in [4.69, 9.17) is 0 Å². The Balaban J connectivity index is 2.06. The van der Waals surface area contributed by atoms with Gasteiger partial charge in [0.2, 0.25) is 0 Å². The summed E-state index contributed by atoms with van der Waals surface area (Å²) < 4.78 is 27.8. The van der Waals surface area contributed by atoms with Gasteiger partial charge in [-0.05, 0) is 31.5 Å². The molecule has 0 saturated heterocycles. The van der Waals surface area contributed by atoms with E-state index < -0.39 is 10.0 Å². The maximum Gasteiger partial charge on any atom is 0.264 e. The molecule has 24 heavy (non-hydrogen) atoms. The second-order valence-electron chi connectivity index (χ2n) is 6.22. The van der Waals surface area contributed by atoms with Crippen LogP contribution in [0.1, 0.15) is 18.1 Å². The third-order valence-electron chi connectivity index (χ3n) is 4.30. The van der Waals surface area contributed by atoms with Crippen LogP contribution in [0.4, 0.5) is 0 Å². The molecule has 124 valence electrons. The number of aryl methyl sites for hydroxylation is 1. The lowest BCUT2D eigenvalue weighted by Gasteiger charge is -2.23. The number of rotatable bonds is 4. The van der Waals surface area contributed by atoms with Crippen molar-refractivity contribution in [2.24, 2.45) is 5.92 Å². The van der Waals surface area contributed by atoms with Crippen LogP contribution in [0.15, 0.2) is 77.7 Å². The molecule has 3 nitrogen and oxygen atoms in total. The molecule has 2 aromatic rings. The van der Waals surface area contributed by atoms with Crippen LogP contribution >= 0.6 is 0 Å². The molecule has 0 aromatic heterocycles. The third-order valence-corrected chi connectivity index (χ3v) is 6.10. The van der Waals surface area contributed by atoms with Crippen molar-refractivity contribution in [1.29, 1.82) is 0 Å². The summed E-state index contributed by atoms with van der Waals surface area (Å²) in [7, 11) is -3.60. The van der Waals surface area contributed by atoms with Gasteiger partial charge < -0.3 is 0 Å². The zero-order valence-corrected chi connectivity index (χ0v) is 14.8. The summed E-state index contributed by atoms with van der Waals surface area (Å²) in [5.74, 6) is 0.0282. The van der Waals surface area contributed by atoms with Gasteiger partial charge in [-0.1, -0.05) is 66.3 Å². The maximum atomic E-state index is 13.2. The topological polar surface area (TPSA) is 37.4 Å². The van der Waals surface area contributed by atoms with Crippen molar-refractivity contribution in [2.75, 3.05) is 6.54 Å². The van der Waals surface area contributed by atoms with Gasteiger partial charge in [0.15, 0.2) is 0 Å². The molecule has 0 bridgehead atoms. The minimum absolute atomic E-state index is 0.0282. The Kier molecular flexibility index (Phi) is 4.33. The van der Waals surface area contributed by atoms with Gasteiger partial charge >= 0.3 is 0 Å². The molecule has 0 N–H and O–H groups in total. The second-order valence-corrected chi connectivity index (χ2v) is 8.08. The molecule has 0 saturated carbocycles. The maximum absolute atomic E-state index is 13.2. The van der Waals surface area contributed by atoms with Gasteiger partial charge in [0.05, 0.1) is 10.6 Å². The summed E-state index contributed by atoms with van der Waals surface area (Å²) in [6.45, 7) is 8.28. The zero-order chi connectivity index (χ0) is 17.3. The molecule has 1 aliphatic rings. The highest BCUT2D eigenvalue weighted by atomic mass is 32.2. The Labute approximate surface area is 144 Å². The zero-order valence-electron chi connectivity index (χ0n) is 13.9. The van der Waals surface area contributed by atoms with Crippen LogP contribution in [0.25, 0.3) is 5.70 Å². The molecule has 0 unspecified atom stereocenters. The molecule has 0 aliphatic carbocycles. The fraction of sp³-hybridized carbons (Fsp3) is 0.200. The normalized spacial score (nSPS) is 17.7. The van der Waals surface area contributed by atoms with E-state index in [0.717, 1.165) is 22.4 Å². The van der Waals surface area contributed by atoms with Gasteiger partial charge in [-0.25, -0.2) is 8.42 Å². The molecule has 0 radical (unpaired) electrons. The smallest absolute Gasteiger partial charge is 0.264 e. The van der Waals surface area contributed by atoms with E-state index in [1.807, 2.05) is 62.4 Å². The quantitative estimate of drug-likeness (QED) is 0.782. The minimum Gasteiger partial charge on any atom is -0.265 e. The molecule has 0 fully saturated rings. The first-order valence-corrected chi connectivity index (χ1v) is 9.35. The predicted molar refractivity (Wildman–Crippen MR) is 97.8 cm³/mol. The van der Waals surface area contributed by atoms with Crippen molar-refractivity contribution < 1.29 is 8.42 Å². The van der Waals surface area contributed by atoms with Gasteiger partial charge in [-0.3, -0.25) is 4.31 Å². The van der Waals surface area contributed by atoms with Crippen LogP contribution in [0.2, 0.25) is 0 Å². The highest BCUT2D eigenvalue weighted by molar-refractivity contribution is 7.89. The summed E-state index contributed by atoms with van der Waals surface area (Å²) in [4.78, 5) is 0.317. The number of benzene rings is 2. The van der Waals surface area contributed by atoms with Crippen molar-refractivity contribution >= 4 is 15.7 Å². The Morgan fingerprint density at radius 1 is 1.08 bits per heavy atom. The SMILES string of the molecule is C=C(C)[C@H]1C=C(c2ccccc2)N(S(=O)(=O)c2ccc(C)cc2)C1. The van der Waals surface area contributed by atoms with Crippen molar-refractivity contribution in [3.8, 4) is 0 Å². The first-order valence-electron chi connectivity index (χ1n) is 7.91. The van der Waals surface area contributed by atoms with Gasteiger partial charge in [0.1, 0.15) is 0 Å². The molecule has 1 atom stereocenters. The number of nitrogens with zero attached hydrogens (tertiary/aromatic N) is 1. The fourth-order valence-corrected chi connectivity index (χ4v) is 4.33. The molecule has 2 aromatic carbocycles. The van der Waals surface area contributed by atoms with Crippen LogP contribution in [-0.4, -0.2) is 19.3 Å². The van der Waals surface area contributed by atoms with E-state index in [-0.39, 0.29) is 5.92 Å². The number of hydrogen-bond donors (Lipinski definition) is 0. The lowest BCUT2D eigenvalue weighted by molar-refractivity contribution is 0.506. The highest BCUT2D eigenvalue weighted by Gasteiger charge is 2.34. The molecule has 1 heterocycles. The van der Waals surface area contributed by atoms with Crippen LogP contribution in [0, 0.1) is 12.8 Å². The van der Waals surface area contributed by atoms with E-state index >= 15 is 0 Å². The van der Waals surface area contributed by atoms with Gasteiger partial charge in [-0.15, -0.1) is 0 Å². The predicted octanol–water partition coefficient (Wildman–Crippen LogP) is 4.23. The van der Waals surface area contributed by atoms with E-state index in [2.05, 4.69) is 6.58 Å². The average molecular weight is 339 g/mol. The monoisotopic (exact) mass is 339 g/mol. The summed E-state index contributed by atoms with van der Waals surface area (Å²) >= 11 is 0. The van der Waals surface area contributed by atoms with E-state index in [9.17, 15) is 8.42 Å². The van der Waals surface area contributed by atoms with Crippen LogP contribution in [0.5, 0.6) is 0 Å². The van der Waals surface area contributed by atoms with Gasteiger partial charge in [0.25, 0.3) is 10.0 Å². The third kappa shape index (κ3) is 3.02. The lowest BCUT2D eigenvalue weighted by atomic mass is 10.0. The molecule has 4 heteroatoms. The molecule has 0 amide bonds. The summed E-state index contributed by atoms with van der Waals surface area (Å²) in [6.07, 6.45) is 2.00. The molecular weight excluding hydrogens is 318 g/mol. The lowest BCUT2D eigenvalue weighted by Crippen LogP contribution is -2.29. The van der Waals surface area contributed by atoms with Crippen LogP contribution in [-0.2, 0) is 10.0 Å². The Hall–Kier alpha value is -2.33. The fourth-order valence-electron chi connectivity index (χ4n) is 2.82. The molecule has 0 spiro atoms. The molecule has 3 rings (SSSR count). The van der Waals surface area contributed by atoms with Crippen LogP contribution in [0.3, 0.4) is 0 Å². The van der Waals surface area contributed by atoms with Gasteiger partial charge in [0, 0.05) is 12.5 Å². The number of sulfonamides is 1. The van der Waals surface area contributed by atoms with Gasteiger partial charge in [-0.2, -0.15) is 0 Å².